The lowest BCUT2D eigenvalue weighted by atomic mass is 9.90. The van der Waals surface area contributed by atoms with Crippen LogP contribution in [0.15, 0.2) is 16.8 Å². The number of hydrogen-bond donors (Lipinski definition) is 1. The molecule has 0 fully saturated rings. The highest BCUT2D eigenvalue weighted by Crippen LogP contribution is 2.25. The summed E-state index contributed by atoms with van der Waals surface area (Å²) >= 11 is 0. The number of rotatable bonds is 5. The summed E-state index contributed by atoms with van der Waals surface area (Å²) in [6.45, 7) is -0.0460. The summed E-state index contributed by atoms with van der Waals surface area (Å²) in [5.41, 5.74) is 8.73. The highest BCUT2D eigenvalue weighted by Gasteiger charge is 2.34. The number of nitrogens with zero attached hydrogens (tertiary/aromatic N) is 3. The van der Waals surface area contributed by atoms with Gasteiger partial charge in [-0.1, -0.05) is 5.11 Å². The minimum atomic E-state index is -1.02. The second kappa shape index (κ2) is 6.97. The maximum absolute atomic E-state index is 11.4. The number of aliphatic hydroxyl groups excluding tert-OH is 1. The molecule has 3 unspecified atom stereocenters. The van der Waals surface area contributed by atoms with Gasteiger partial charge in [0, 0.05) is 17.6 Å². The van der Waals surface area contributed by atoms with E-state index in [1.54, 1.807) is 0 Å². The molecule has 0 heterocycles. The number of hydrogen-bond acceptors (Lipinski definition) is 6. The summed E-state index contributed by atoms with van der Waals surface area (Å²) in [6.07, 6.45) is -0.225. The van der Waals surface area contributed by atoms with Crippen molar-refractivity contribution in [3.63, 3.8) is 0 Å². The molecular weight excluding hydrogens is 242 g/mol. The highest BCUT2D eigenvalue weighted by molar-refractivity contribution is 5.88. The van der Waals surface area contributed by atoms with Crippen LogP contribution in [0.5, 0.6) is 0 Å². The molecule has 18 heavy (non-hydrogen) atoms. The molecule has 0 aromatic heterocycles. The number of azide groups is 1. The van der Waals surface area contributed by atoms with Crippen molar-refractivity contribution in [3.8, 4) is 0 Å². The van der Waals surface area contributed by atoms with Gasteiger partial charge in [0.05, 0.1) is 19.3 Å². The molecular formula is C10H15N3O5. The van der Waals surface area contributed by atoms with Crippen LogP contribution in [0.4, 0.5) is 0 Å². The topological polar surface area (TPSA) is 114 Å². The molecule has 0 saturated carbocycles. The Morgan fingerprint density at radius 1 is 1.67 bits per heavy atom. The molecule has 0 aliphatic heterocycles. The average molecular weight is 257 g/mol. The van der Waals surface area contributed by atoms with Crippen molar-refractivity contribution in [3.05, 3.63) is 22.1 Å². The monoisotopic (exact) mass is 257 g/mol. The molecule has 0 aromatic rings. The highest BCUT2D eigenvalue weighted by atomic mass is 16.7. The van der Waals surface area contributed by atoms with Crippen molar-refractivity contribution < 1.29 is 24.1 Å². The second-order valence-electron chi connectivity index (χ2n) is 3.69. The van der Waals surface area contributed by atoms with E-state index >= 15 is 0 Å². The zero-order valence-electron chi connectivity index (χ0n) is 10.1. The van der Waals surface area contributed by atoms with Crippen molar-refractivity contribution in [2.75, 3.05) is 21.0 Å². The summed E-state index contributed by atoms with van der Waals surface area (Å²) in [6, 6.07) is -0.768. The molecule has 0 aromatic carbocycles. The number of carbonyl (C=O) groups is 1. The number of esters is 1. The third-order valence-electron chi connectivity index (χ3n) is 2.55. The summed E-state index contributed by atoms with van der Waals surface area (Å²) in [4.78, 5) is 14.1. The van der Waals surface area contributed by atoms with E-state index in [1.807, 2.05) is 0 Å². The Hall–Kier alpha value is -1.60. The number of aliphatic hydroxyl groups is 1. The molecule has 3 atom stereocenters. The van der Waals surface area contributed by atoms with Gasteiger partial charge in [0.2, 0.25) is 0 Å². The summed E-state index contributed by atoms with van der Waals surface area (Å²) in [5.74, 6) is -0.536. The molecule has 0 spiro atoms. The van der Waals surface area contributed by atoms with Gasteiger partial charge < -0.3 is 19.3 Å². The molecule has 0 bridgehead atoms. The van der Waals surface area contributed by atoms with Crippen LogP contribution in [0.1, 0.15) is 6.42 Å². The van der Waals surface area contributed by atoms with Crippen molar-refractivity contribution in [2.24, 2.45) is 5.11 Å². The van der Waals surface area contributed by atoms with Crippen LogP contribution in [-0.4, -0.2) is 50.3 Å². The predicted octanol–water partition coefficient (Wildman–Crippen LogP) is 0.518. The molecule has 0 radical (unpaired) electrons. The maximum Gasteiger partial charge on any atom is 0.333 e. The van der Waals surface area contributed by atoms with Crippen molar-refractivity contribution in [2.45, 2.75) is 24.7 Å². The summed E-state index contributed by atoms with van der Waals surface area (Å²) in [5, 5.41) is 13.4. The van der Waals surface area contributed by atoms with E-state index in [2.05, 4.69) is 14.8 Å². The van der Waals surface area contributed by atoms with Gasteiger partial charge in [0.15, 0.2) is 0 Å². The van der Waals surface area contributed by atoms with Crippen molar-refractivity contribution in [1.82, 2.24) is 0 Å². The Bertz CT molecular complexity index is 378. The third-order valence-corrected chi connectivity index (χ3v) is 2.55. The first-order chi connectivity index (χ1) is 8.63. The van der Waals surface area contributed by atoms with Gasteiger partial charge in [0.1, 0.15) is 12.9 Å². The molecule has 100 valence electrons. The third kappa shape index (κ3) is 3.44. The van der Waals surface area contributed by atoms with E-state index < -0.39 is 24.2 Å². The Labute approximate surface area is 104 Å². The SMILES string of the molecule is COCOC1C=C(C(=O)OC)CC(N=[N+]=[N-])C1O. The molecule has 0 amide bonds. The van der Waals surface area contributed by atoms with Crippen LogP contribution in [0, 0.1) is 0 Å². The van der Waals surface area contributed by atoms with Crippen molar-refractivity contribution in [1.29, 1.82) is 0 Å². The molecule has 1 aliphatic rings. The standard InChI is InChI=1S/C10H15N3O5/c1-16-5-18-8-4-6(10(15)17-2)3-7(9(8)14)12-13-11/h4,7-9,14H,3,5H2,1-2H3. The Kier molecular flexibility index (Phi) is 5.60. The van der Waals surface area contributed by atoms with E-state index in [9.17, 15) is 9.90 Å². The molecule has 1 N–H and O–H groups in total. The molecule has 8 heteroatoms. The number of ether oxygens (including phenoxy) is 3. The zero-order chi connectivity index (χ0) is 13.5. The average Bonchev–Trinajstić information content (AvgIpc) is 2.39. The molecule has 0 saturated heterocycles. The zero-order valence-corrected chi connectivity index (χ0v) is 10.1. The van der Waals surface area contributed by atoms with E-state index in [1.165, 1.54) is 20.3 Å². The summed E-state index contributed by atoms with van der Waals surface area (Å²) < 4.78 is 14.5. The van der Waals surface area contributed by atoms with Crippen LogP contribution >= 0.6 is 0 Å². The predicted molar refractivity (Wildman–Crippen MR) is 60.4 cm³/mol. The van der Waals surface area contributed by atoms with Crippen LogP contribution in [0.3, 0.4) is 0 Å². The van der Waals surface area contributed by atoms with E-state index in [-0.39, 0.29) is 13.2 Å². The maximum atomic E-state index is 11.4. The first kappa shape index (κ1) is 14.5. The smallest absolute Gasteiger partial charge is 0.333 e. The normalized spacial score (nSPS) is 27.1. The van der Waals surface area contributed by atoms with Crippen LogP contribution in [0.2, 0.25) is 0 Å². The van der Waals surface area contributed by atoms with Gasteiger partial charge in [-0.25, -0.2) is 4.79 Å². The van der Waals surface area contributed by atoms with E-state index in [0.29, 0.717) is 5.57 Å². The van der Waals surface area contributed by atoms with Gasteiger partial charge in [-0.05, 0) is 18.0 Å². The minimum absolute atomic E-state index is 0.0460. The van der Waals surface area contributed by atoms with Gasteiger partial charge >= 0.3 is 5.97 Å². The fraction of sp³-hybridized carbons (Fsp3) is 0.700. The van der Waals surface area contributed by atoms with Crippen LogP contribution < -0.4 is 0 Å². The Morgan fingerprint density at radius 2 is 2.39 bits per heavy atom. The largest absolute Gasteiger partial charge is 0.466 e. The first-order valence-electron chi connectivity index (χ1n) is 5.25. The fourth-order valence-electron chi connectivity index (χ4n) is 1.68. The Balaban J connectivity index is 2.90. The van der Waals surface area contributed by atoms with Gasteiger partial charge in [-0.3, -0.25) is 0 Å². The summed E-state index contributed by atoms with van der Waals surface area (Å²) in [7, 11) is 2.69. The quantitative estimate of drug-likeness (QED) is 0.253. The number of methoxy groups -OCH3 is 2. The molecule has 8 nitrogen and oxygen atoms in total. The van der Waals surface area contributed by atoms with Crippen molar-refractivity contribution >= 4 is 5.97 Å². The number of carbonyl (C=O) groups excluding carboxylic acids is 1. The Morgan fingerprint density at radius 3 is 2.94 bits per heavy atom. The second-order valence-corrected chi connectivity index (χ2v) is 3.69. The fourth-order valence-corrected chi connectivity index (χ4v) is 1.68. The van der Waals surface area contributed by atoms with E-state index in [0.717, 1.165) is 0 Å². The molecule has 1 rings (SSSR count). The lowest BCUT2D eigenvalue weighted by Crippen LogP contribution is -2.41. The van der Waals surface area contributed by atoms with Crippen LogP contribution in [-0.2, 0) is 19.0 Å². The lowest BCUT2D eigenvalue weighted by molar-refractivity contribution is -0.137. The van der Waals surface area contributed by atoms with Gasteiger partial charge in [-0.2, -0.15) is 0 Å². The van der Waals surface area contributed by atoms with E-state index in [4.69, 9.17) is 15.0 Å². The molecule has 1 aliphatic carbocycles. The first-order valence-corrected chi connectivity index (χ1v) is 5.25. The van der Waals surface area contributed by atoms with Crippen LogP contribution in [0.25, 0.3) is 10.4 Å². The van der Waals surface area contributed by atoms with Gasteiger partial charge in [0.25, 0.3) is 0 Å². The minimum Gasteiger partial charge on any atom is -0.466 e. The lowest BCUT2D eigenvalue weighted by Gasteiger charge is -2.30. The van der Waals surface area contributed by atoms with Gasteiger partial charge in [-0.15, -0.1) is 0 Å².